The summed E-state index contributed by atoms with van der Waals surface area (Å²) in [6.45, 7) is 2.58. The van der Waals surface area contributed by atoms with Gasteiger partial charge in [0.25, 0.3) is 0 Å². The van der Waals surface area contributed by atoms with Crippen LogP contribution in [0.2, 0.25) is 0 Å². The Bertz CT molecular complexity index is 786. The van der Waals surface area contributed by atoms with Crippen molar-refractivity contribution in [3.63, 3.8) is 0 Å². The summed E-state index contributed by atoms with van der Waals surface area (Å²) in [6, 6.07) is 9.21. The molecule has 0 unspecified atom stereocenters. The van der Waals surface area contributed by atoms with E-state index < -0.39 is 11.9 Å². The second kappa shape index (κ2) is 6.96. The van der Waals surface area contributed by atoms with Gasteiger partial charge in [0, 0.05) is 30.9 Å². The van der Waals surface area contributed by atoms with Gasteiger partial charge in [0.2, 0.25) is 5.91 Å². The molecule has 0 aliphatic carbocycles. The number of hydrogen-bond donors (Lipinski definition) is 1. The molecule has 1 aromatic carbocycles. The van der Waals surface area contributed by atoms with Crippen LogP contribution in [0.15, 0.2) is 36.5 Å². The Morgan fingerprint density at radius 3 is 2.76 bits per heavy atom. The normalized spacial score (nSPS) is 19.8. The summed E-state index contributed by atoms with van der Waals surface area (Å²) in [7, 11) is 1.57. The molecule has 1 aromatic heterocycles. The van der Waals surface area contributed by atoms with Crippen molar-refractivity contribution in [3.05, 3.63) is 47.8 Å². The number of hydrogen-bond acceptors (Lipinski definition) is 4. The van der Waals surface area contributed by atoms with Crippen molar-refractivity contribution < 1.29 is 19.4 Å². The van der Waals surface area contributed by atoms with E-state index in [1.54, 1.807) is 22.9 Å². The van der Waals surface area contributed by atoms with Gasteiger partial charge in [-0.1, -0.05) is 12.1 Å². The Morgan fingerprint density at radius 1 is 1.32 bits per heavy atom. The van der Waals surface area contributed by atoms with E-state index >= 15 is 0 Å². The van der Waals surface area contributed by atoms with Crippen LogP contribution < -0.4 is 4.74 Å². The van der Waals surface area contributed by atoms with Crippen molar-refractivity contribution in [2.75, 3.05) is 20.2 Å². The van der Waals surface area contributed by atoms with Crippen LogP contribution in [0.4, 0.5) is 0 Å². The maximum absolute atomic E-state index is 12.6. The fraction of sp³-hybridized carbons (Fsp3) is 0.389. The number of carboxylic acid groups (broad SMARTS) is 1. The van der Waals surface area contributed by atoms with Gasteiger partial charge in [-0.3, -0.25) is 14.3 Å². The first-order chi connectivity index (χ1) is 12.0. The number of aryl methyl sites for hydroxylation is 1. The molecule has 1 N–H and O–H groups in total. The number of methoxy groups -OCH3 is 1. The second-order valence-corrected chi connectivity index (χ2v) is 6.26. The summed E-state index contributed by atoms with van der Waals surface area (Å²) in [5.74, 6) is -1.22. The Labute approximate surface area is 145 Å². The van der Waals surface area contributed by atoms with Gasteiger partial charge in [0.15, 0.2) is 0 Å². The van der Waals surface area contributed by atoms with Crippen molar-refractivity contribution in [3.8, 4) is 5.75 Å². The number of ether oxygens (including phenoxy) is 1. The number of carboxylic acids is 1. The molecule has 0 radical (unpaired) electrons. The molecule has 1 aliphatic heterocycles. The van der Waals surface area contributed by atoms with E-state index in [0.717, 1.165) is 11.3 Å². The van der Waals surface area contributed by atoms with Crippen LogP contribution in [0.5, 0.6) is 5.75 Å². The molecule has 1 saturated heterocycles. The van der Waals surface area contributed by atoms with E-state index in [4.69, 9.17) is 4.74 Å². The van der Waals surface area contributed by atoms with Crippen molar-refractivity contribution in [2.24, 2.45) is 5.92 Å². The van der Waals surface area contributed by atoms with Gasteiger partial charge < -0.3 is 14.7 Å². The number of carbonyl (C=O) groups is 2. The highest BCUT2D eigenvalue weighted by Crippen LogP contribution is 2.34. The van der Waals surface area contributed by atoms with Gasteiger partial charge in [0.1, 0.15) is 12.3 Å². The topological polar surface area (TPSA) is 84.7 Å². The first-order valence-electron chi connectivity index (χ1n) is 8.12. The third kappa shape index (κ3) is 3.50. The Kier molecular flexibility index (Phi) is 4.74. The number of benzene rings is 1. The lowest BCUT2D eigenvalue weighted by Crippen LogP contribution is -2.33. The van der Waals surface area contributed by atoms with E-state index in [9.17, 15) is 14.7 Å². The van der Waals surface area contributed by atoms with Crippen LogP contribution in [-0.2, 0) is 16.1 Å². The summed E-state index contributed by atoms with van der Waals surface area (Å²) in [4.78, 5) is 25.9. The van der Waals surface area contributed by atoms with Gasteiger partial charge in [0.05, 0.1) is 13.0 Å². The van der Waals surface area contributed by atoms with Crippen LogP contribution in [0.1, 0.15) is 17.2 Å². The molecule has 0 saturated carbocycles. The predicted octanol–water partition coefficient (Wildman–Crippen LogP) is 1.53. The number of nitrogens with zero attached hydrogens (tertiary/aromatic N) is 3. The minimum absolute atomic E-state index is 0.121. The molecule has 1 aliphatic rings. The standard InChI is InChI=1S/C18H21N3O4/c1-12-6-7-19-21(12)11-17(22)20-9-15(16(10-20)18(23)24)13-4-3-5-14(8-13)25-2/h3-8,15-16H,9-11H2,1-2H3,(H,23,24)/t15-,16+/m0/s1. The van der Waals surface area contributed by atoms with Crippen molar-refractivity contribution >= 4 is 11.9 Å². The molecule has 3 rings (SSSR count). The zero-order chi connectivity index (χ0) is 18.0. The lowest BCUT2D eigenvalue weighted by Gasteiger charge is -2.17. The molecule has 2 atom stereocenters. The van der Waals surface area contributed by atoms with E-state index in [1.807, 2.05) is 37.3 Å². The van der Waals surface area contributed by atoms with Gasteiger partial charge in [-0.05, 0) is 30.7 Å². The third-order valence-corrected chi connectivity index (χ3v) is 4.73. The highest BCUT2D eigenvalue weighted by molar-refractivity contribution is 5.79. The fourth-order valence-corrected chi connectivity index (χ4v) is 3.26. The molecule has 25 heavy (non-hydrogen) atoms. The highest BCUT2D eigenvalue weighted by atomic mass is 16.5. The Morgan fingerprint density at radius 2 is 2.12 bits per heavy atom. The van der Waals surface area contributed by atoms with Gasteiger partial charge in [-0.25, -0.2) is 0 Å². The van der Waals surface area contributed by atoms with Crippen molar-refractivity contribution in [1.29, 1.82) is 0 Å². The SMILES string of the molecule is COc1cccc([C@@H]2CN(C(=O)Cn3nccc3C)C[C@H]2C(=O)O)c1. The quantitative estimate of drug-likeness (QED) is 0.890. The average Bonchev–Trinajstić information content (AvgIpc) is 3.22. The molecular weight excluding hydrogens is 322 g/mol. The first-order valence-corrected chi connectivity index (χ1v) is 8.12. The molecule has 1 fully saturated rings. The van der Waals surface area contributed by atoms with Crippen LogP contribution in [0, 0.1) is 12.8 Å². The molecular formula is C18H21N3O4. The first kappa shape index (κ1) is 17.0. The monoisotopic (exact) mass is 343 g/mol. The van der Waals surface area contributed by atoms with Gasteiger partial charge in [-0.2, -0.15) is 5.10 Å². The van der Waals surface area contributed by atoms with E-state index in [-0.39, 0.29) is 24.9 Å². The van der Waals surface area contributed by atoms with E-state index in [1.165, 1.54) is 0 Å². The molecule has 0 bridgehead atoms. The Hall–Kier alpha value is -2.83. The lowest BCUT2D eigenvalue weighted by molar-refractivity contribution is -0.141. The summed E-state index contributed by atoms with van der Waals surface area (Å²) in [5.41, 5.74) is 1.77. The number of carbonyl (C=O) groups excluding carboxylic acids is 1. The summed E-state index contributed by atoms with van der Waals surface area (Å²) >= 11 is 0. The largest absolute Gasteiger partial charge is 0.497 e. The molecule has 1 amide bonds. The zero-order valence-corrected chi connectivity index (χ0v) is 14.3. The number of aliphatic carboxylic acids is 1. The number of amides is 1. The van der Waals surface area contributed by atoms with Crippen molar-refractivity contribution in [2.45, 2.75) is 19.4 Å². The third-order valence-electron chi connectivity index (χ3n) is 4.73. The summed E-state index contributed by atoms with van der Waals surface area (Å²) in [6.07, 6.45) is 1.64. The molecule has 2 heterocycles. The zero-order valence-electron chi connectivity index (χ0n) is 14.3. The van der Waals surface area contributed by atoms with Crippen LogP contribution in [0.25, 0.3) is 0 Å². The van der Waals surface area contributed by atoms with E-state index in [0.29, 0.717) is 12.3 Å². The highest BCUT2D eigenvalue weighted by Gasteiger charge is 2.40. The van der Waals surface area contributed by atoms with Crippen LogP contribution in [0.3, 0.4) is 0 Å². The molecule has 7 heteroatoms. The second-order valence-electron chi connectivity index (χ2n) is 6.26. The molecule has 0 spiro atoms. The number of likely N-dealkylation sites (tertiary alicyclic amines) is 1. The number of aromatic nitrogens is 2. The number of rotatable bonds is 5. The summed E-state index contributed by atoms with van der Waals surface area (Å²) < 4.78 is 6.85. The van der Waals surface area contributed by atoms with Crippen LogP contribution in [-0.4, -0.2) is 51.9 Å². The van der Waals surface area contributed by atoms with Gasteiger partial charge in [-0.15, -0.1) is 0 Å². The fourth-order valence-electron chi connectivity index (χ4n) is 3.26. The molecule has 132 valence electrons. The lowest BCUT2D eigenvalue weighted by atomic mass is 9.89. The minimum Gasteiger partial charge on any atom is -0.497 e. The maximum Gasteiger partial charge on any atom is 0.308 e. The van der Waals surface area contributed by atoms with Crippen LogP contribution >= 0.6 is 0 Å². The summed E-state index contributed by atoms with van der Waals surface area (Å²) in [5, 5.41) is 13.7. The Balaban J connectivity index is 1.79. The van der Waals surface area contributed by atoms with Crippen molar-refractivity contribution in [1.82, 2.24) is 14.7 Å². The average molecular weight is 343 g/mol. The maximum atomic E-state index is 12.6. The van der Waals surface area contributed by atoms with Gasteiger partial charge >= 0.3 is 5.97 Å². The minimum atomic E-state index is -0.890. The molecule has 2 aromatic rings. The van der Waals surface area contributed by atoms with E-state index in [2.05, 4.69) is 5.10 Å². The predicted molar refractivity (Wildman–Crippen MR) is 90.4 cm³/mol. The smallest absolute Gasteiger partial charge is 0.308 e. The molecule has 7 nitrogen and oxygen atoms in total.